The van der Waals surface area contributed by atoms with Gasteiger partial charge in [0.15, 0.2) is 11.5 Å². The zero-order chi connectivity index (χ0) is 18.2. The second kappa shape index (κ2) is 8.82. The van der Waals surface area contributed by atoms with Crippen molar-refractivity contribution in [2.45, 2.75) is 32.7 Å². The average molecular weight is 343 g/mol. The van der Waals surface area contributed by atoms with Crippen molar-refractivity contribution in [3.05, 3.63) is 42.5 Å². The molecule has 0 fully saturated rings. The summed E-state index contributed by atoms with van der Waals surface area (Å²) in [6.45, 7) is 4.08. The lowest BCUT2D eigenvalue weighted by molar-refractivity contribution is 0.247. The SMILES string of the molecule is CCC(CC)NC(=O)Nc1ccc(Oc2ccc(N)cc2)c(OC)c1. The Hall–Kier alpha value is -2.89. The Morgan fingerprint density at radius 3 is 2.36 bits per heavy atom. The molecule has 2 aromatic carbocycles. The fourth-order valence-electron chi connectivity index (χ4n) is 2.34. The van der Waals surface area contributed by atoms with Crippen LogP contribution in [0.3, 0.4) is 0 Å². The number of urea groups is 1. The molecule has 0 atom stereocenters. The minimum atomic E-state index is -0.233. The van der Waals surface area contributed by atoms with E-state index in [0.29, 0.717) is 28.6 Å². The molecule has 2 amide bonds. The van der Waals surface area contributed by atoms with Crippen LogP contribution in [0, 0.1) is 0 Å². The van der Waals surface area contributed by atoms with Crippen molar-refractivity contribution in [3.63, 3.8) is 0 Å². The number of anilines is 2. The first-order valence-electron chi connectivity index (χ1n) is 8.34. The molecule has 0 saturated carbocycles. The highest BCUT2D eigenvalue weighted by Gasteiger charge is 2.11. The summed E-state index contributed by atoms with van der Waals surface area (Å²) in [5, 5.41) is 5.74. The molecule has 0 bridgehead atoms. The predicted octanol–water partition coefficient (Wildman–Crippen LogP) is 4.38. The van der Waals surface area contributed by atoms with E-state index in [9.17, 15) is 4.79 Å². The summed E-state index contributed by atoms with van der Waals surface area (Å²) in [6, 6.07) is 12.3. The molecule has 2 rings (SSSR count). The molecule has 134 valence electrons. The van der Waals surface area contributed by atoms with Crippen LogP contribution in [0.1, 0.15) is 26.7 Å². The Balaban J connectivity index is 2.07. The first-order valence-corrected chi connectivity index (χ1v) is 8.34. The van der Waals surface area contributed by atoms with Gasteiger partial charge in [0.25, 0.3) is 0 Å². The summed E-state index contributed by atoms with van der Waals surface area (Å²) in [5.74, 6) is 1.73. The minimum absolute atomic E-state index is 0.162. The molecule has 25 heavy (non-hydrogen) atoms. The van der Waals surface area contributed by atoms with Crippen LogP contribution in [0.5, 0.6) is 17.2 Å². The number of rotatable bonds is 7. The van der Waals surface area contributed by atoms with Gasteiger partial charge in [-0.2, -0.15) is 0 Å². The van der Waals surface area contributed by atoms with E-state index in [4.69, 9.17) is 15.2 Å². The number of hydrogen-bond acceptors (Lipinski definition) is 4. The zero-order valence-corrected chi connectivity index (χ0v) is 14.8. The zero-order valence-electron chi connectivity index (χ0n) is 14.8. The Kier molecular flexibility index (Phi) is 6.51. The topological polar surface area (TPSA) is 85.6 Å². The van der Waals surface area contributed by atoms with Gasteiger partial charge >= 0.3 is 6.03 Å². The molecule has 0 aromatic heterocycles. The smallest absolute Gasteiger partial charge is 0.319 e. The molecule has 0 aliphatic rings. The van der Waals surface area contributed by atoms with Gasteiger partial charge < -0.3 is 25.8 Å². The van der Waals surface area contributed by atoms with E-state index in [-0.39, 0.29) is 12.1 Å². The molecule has 6 heteroatoms. The number of nitrogens with two attached hydrogens (primary N) is 1. The Morgan fingerprint density at radius 1 is 1.08 bits per heavy atom. The molecule has 0 heterocycles. The number of hydrogen-bond donors (Lipinski definition) is 3. The van der Waals surface area contributed by atoms with Crippen molar-refractivity contribution in [2.75, 3.05) is 18.2 Å². The highest BCUT2D eigenvalue weighted by Crippen LogP contribution is 2.34. The average Bonchev–Trinajstić information content (AvgIpc) is 2.62. The van der Waals surface area contributed by atoms with Crippen LogP contribution in [0.2, 0.25) is 0 Å². The van der Waals surface area contributed by atoms with Gasteiger partial charge in [0.2, 0.25) is 0 Å². The Labute approximate surface area is 148 Å². The lowest BCUT2D eigenvalue weighted by atomic mass is 10.2. The maximum Gasteiger partial charge on any atom is 0.319 e. The van der Waals surface area contributed by atoms with E-state index in [2.05, 4.69) is 10.6 Å². The van der Waals surface area contributed by atoms with Crippen molar-refractivity contribution in [1.29, 1.82) is 0 Å². The van der Waals surface area contributed by atoms with Gasteiger partial charge in [-0.3, -0.25) is 0 Å². The van der Waals surface area contributed by atoms with Gasteiger partial charge in [0.1, 0.15) is 5.75 Å². The van der Waals surface area contributed by atoms with Gasteiger partial charge in [-0.25, -0.2) is 4.79 Å². The summed E-state index contributed by atoms with van der Waals surface area (Å²) in [5.41, 5.74) is 6.97. The molecule has 0 spiro atoms. The van der Waals surface area contributed by atoms with Gasteiger partial charge in [0.05, 0.1) is 7.11 Å². The highest BCUT2D eigenvalue weighted by molar-refractivity contribution is 5.89. The van der Waals surface area contributed by atoms with E-state index in [1.807, 2.05) is 13.8 Å². The molecular formula is C19H25N3O3. The van der Waals surface area contributed by atoms with Crippen molar-refractivity contribution >= 4 is 17.4 Å². The molecule has 0 saturated heterocycles. The molecule has 2 aromatic rings. The number of nitrogen functional groups attached to an aromatic ring is 1. The second-order valence-corrected chi connectivity index (χ2v) is 5.65. The lowest BCUT2D eigenvalue weighted by Gasteiger charge is -2.16. The maximum atomic E-state index is 12.0. The van der Waals surface area contributed by atoms with Crippen LogP contribution in [0.4, 0.5) is 16.2 Å². The number of methoxy groups -OCH3 is 1. The van der Waals surface area contributed by atoms with E-state index < -0.39 is 0 Å². The molecule has 0 unspecified atom stereocenters. The summed E-state index contributed by atoms with van der Waals surface area (Å²) >= 11 is 0. The summed E-state index contributed by atoms with van der Waals surface area (Å²) in [7, 11) is 1.55. The summed E-state index contributed by atoms with van der Waals surface area (Å²) in [6.07, 6.45) is 1.78. The quantitative estimate of drug-likeness (QED) is 0.651. The number of benzene rings is 2. The van der Waals surface area contributed by atoms with Gasteiger partial charge in [-0.15, -0.1) is 0 Å². The normalized spacial score (nSPS) is 10.4. The van der Waals surface area contributed by atoms with E-state index in [0.717, 1.165) is 12.8 Å². The largest absolute Gasteiger partial charge is 0.493 e. The monoisotopic (exact) mass is 343 g/mol. The Morgan fingerprint density at radius 2 is 1.76 bits per heavy atom. The fraction of sp³-hybridized carbons (Fsp3) is 0.316. The molecule has 0 radical (unpaired) electrons. The third-order valence-corrected chi connectivity index (χ3v) is 3.85. The van der Waals surface area contributed by atoms with Gasteiger partial charge in [-0.05, 0) is 49.2 Å². The molecule has 0 aliphatic carbocycles. The first kappa shape index (κ1) is 18.4. The third kappa shape index (κ3) is 5.31. The molecule has 6 nitrogen and oxygen atoms in total. The van der Waals surface area contributed by atoms with E-state index >= 15 is 0 Å². The number of ether oxygens (including phenoxy) is 2. The minimum Gasteiger partial charge on any atom is -0.493 e. The van der Waals surface area contributed by atoms with Crippen LogP contribution in [-0.4, -0.2) is 19.2 Å². The van der Waals surface area contributed by atoms with Gasteiger partial charge in [-0.1, -0.05) is 13.8 Å². The molecular weight excluding hydrogens is 318 g/mol. The third-order valence-electron chi connectivity index (χ3n) is 3.85. The first-order chi connectivity index (χ1) is 12.0. The Bertz CT molecular complexity index is 698. The maximum absolute atomic E-state index is 12.0. The van der Waals surface area contributed by atoms with Crippen molar-refractivity contribution in [3.8, 4) is 17.2 Å². The highest BCUT2D eigenvalue weighted by atomic mass is 16.5. The number of amides is 2. The van der Waals surface area contributed by atoms with E-state index in [1.54, 1.807) is 49.6 Å². The number of carbonyl (C=O) groups is 1. The fourth-order valence-corrected chi connectivity index (χ4v) is 2.34. The van der Waals surface area contributed by atoms with Gasteiger partial charge in [0, 0.05) is 23.5 Å². The predicted molar refractivity (Wildman–Crippen MR) is 100 cm³/mol. The van der Waals surface area contributed by atoms with Crippen LogP contribution in [0.15, 0.2) is 42.5 Å². The summed E-state index contributed by atoms with van der Waals surface area (Å²) < 4.78 is 11.2. The number of nitrogens with one attached hydrogen (secondary N) is 2. The van der Waals surface area contributed by atoms with Crippen LogP contribution < -0.4 is 25.8 Å². The van der Waals surface area contributed by atoms with Crippen molar-refractivity contribution < 1.29 is 14.3 Å². The van der Waals surface area contributed by atoms with Crippen LogP contribution in [-0.2, 0) is 0 Å². The summed E-state index contributed by atoms with van der Waals surface area (Å²) in [4.78, 5) is 12.0. The van der Waals surface area contributed by atoms with Crippen LogP contribution >= 0.6 is 0 Å². The van der Waals surface area contributed by atoms with Crippen LogP contribution in [0.25, 0.3) is 0 Å². The van der Waals surface area contributed by atoms with E-state index in [1.165, 1.54) is 0 Å². The molecule has 4 N–H and O–H groups in total. The number of carbonyl (C=O) groups excluding carboxylic acids is 1. The van der Waals surface area contributed by atoms with Crippen molar-refractivity contribution in [1.82, 2.24) is 5.32 Å². The standard InChI is InChI=1S/C19H25N3O3/c1-4-14(5-2)21-19(23)22-15-8-11-17(18(12-15)24-3)25-16-9-6-13(20)7-10-16/h6-12,14H,4-5,20H2,1-3H3,(H2,21,22,23). The second-order valence-electron chi connectivity index (χ2n) is 5.65. The molecule has 0 aliphatic heterocycles. The lowest BCUT2D eigenvalue weighted by Crippen LogP contribution is -2.37. The van der Waals surface area contributed by atoms with Crippen molar-refractivity contribution in [2.24, 2.45) is 0 Å².